The van der Waals surface area contributed by atoms with Crippen LogP contribution < -0.4 is 15.8 Å². The highest BCUT2D eigenvalue weighted by molar-refractivity contribution is 7.89. The maximum Gasteiger partial charge on any atom is 0.246 e. The summed E-state index contributed by atoms with van der Waals surface area (Å²) in [4.78, 5) is 11.3. The first kappa shape index (κ1) is 13.8. The molecule has 0 aliphatic heterocycles. The summed E-state index contributed by atoms with van der Waals surface area (Å²) in [6.07, 6.45) is 3.25. The van der Waals surface area contributed by atoms with E-state index in [9.17, 15) is 13.2 Å². The highest BCUT2D eigenvalue weighted by Gasteiger charge is 2.25. The number of hydrogen-bond donors (Lipinski definition) is 3. The molecule has 0 bridgehead atoms. The van der Waals surface area contributed by atoms with Crippen LogP contribution in [0.1, 0.15) is 19.8 Å². The van der Waals surface area contributed by atoms with Gasteiger partial charge in [0.2, 0.25) is 15.9 Å². The van der Waals surface area contributed by atoms with E-state index in [0.717, 1.165) is 12.8 Å². The fourth-order valence-electron chi connectivity index (χ4n) is 1.53. The van der Waals surface area contributed by atoms with Crippen molar-refractivity contribution in [2.24, 2.45) is 0 Å². The molecule has 1 aromatic heterocycles. The highest BCUT2D eigenvalue weighted by Crippen LogP contribution is 2.18. The summed E-state index contributed by atoms with van der Waals surface area (Å²) < 4.78 is 27.6. The van der Waals surface area contributed by atoms with Crippen LogP contribution in [-0.4, -0.2) is 36.7 Å². The van der Waals surface area contributed by atoms with Crippen LogP contribution in [0.2, 0.25) is 0 Å². The quantitative estimate of drug-likeness (QED) is 0.622. The SMILES string of the molecule is CCn1cc(S(=O)(=O)NCC(=O)NC2CC2)c(N)n1. The second kappa shape index (κ2) is 5.17. The van der Waals surface area contributed by atoms with Crippen molar-refractivity contribution in [3.05, 3.63) is 6.20 Å². The number of anilines is 1. The van der Waals surface area contributed by atoms with Gasteiger partial charge in [0.1, 0.15) is 4.90 Å². The fourth-order valence-corrected chi connectivity index (χ4v) is 2.58. The molecular weight excluding hydrogens is 270 g/mol. The molecule has 1 aromatic rings. The Bertz CT molecular complexity index is 576. The smallest absolute Gasteiger partial charge is 0.246 e. The number of nitrogen functional groups attached to an aromatic ring is 1. The minimum absolute atomic E-state index is 0.0723. The number of carbonyl (C=O) groups excluding carboxylic acids is 1. The Hall–Kier alpha value is -1.61. The standard InChI is InChI=1S/C10H17N5O3S/c1-2-15-6-8(10(11)14-15)19(17,18)12-5-9(16)13-7-3-4-7/h6-7,12H,2-5H2,1H3,(H2,11,14)(H,13,16). The number of nitrogens with zero attached hydrogens (tertiary/aromatic N) is 2. The molecule has 0 atom stereocenters. The number of amides is 1. The zero-order chi connectivity index (χ0) is 14.0. The van der Waals surface area contributed by atoms with E-state index in [1.807, 2.05) is 6.92 Å². The van der Waals surface area contributed by atoms with Crippen molar-refractivity contribution in [2.75, 3.05) is 12.3 Å². The van der Waals surface area contributed by atoms with Crippen molar-refractivity contribution in [1.29, 1.82) is 0 Å². The molecule has 1 amide bonds. The molecule has 1 aliphatic rings. The number of nitrogens with two attached hydrogens (primary N) is 1. The fraction of sp³-hybridized carbons (Fsp3) is 0.600. The van der Waals surface area contributed by atoms with E-state index in [1.165, 1.54) is 10.9 Å². The van der Waals surface area contributed by atoms with E-state index in [1.54, 1.807) is 0 Å². The molecule has 2 rings (SSSR count). The van der Waals surface area contributed by atoms with Gasteiger partial charge in [0.25, 0.3) is 0 Å². The van der Waals surface area contributed by atoms with Crippen molar-refractivity contribution >= 4 is 21.7 Å². The van der Waals surface area contributed by atoms with Crippen LogP contribution in [0.25, 0.3) is 0 Å². The molecule has 9 heteroatoms. The molecule has 106 valence electrons. The zero-order valence-electron chi connectivity index (χ0n) is 10.6. The molecule has 1 saturated carbocycles. The Morgan fingerprint density at radius 2 is 2.26 bits per heavy atom. The molecule has 0 spiro atoms. The lowest BCUT2D eigenvalue weighted by Crippen LogP contribution is -2.37. The monoisotopic (exact) mass is 287 g/mol. The Morgan fingerprint density at radius 3 is 2.79 bits per heavy atom. The van der Waals surface area contributed by atoms with Crippen molar-refractivity contribution in [3.63, 3.8) is 0 Å². The van der Waals surface area contributed by atoms with Gasteiger partial charge in [-0.25, -0.2) is 13.1 Å². The van der Waals surface area contributed by atoms with Gasteiger partial charge in [-0.3, -0.25) is 9.48 Å². The van der Waals surface area contributed by atoms with Gasteiger partial charge in [0.15, 0.2) is 5.82 Å². The number of nitrogens with one attached hydrogen (secondary N) is 2. The average molecular weight is 287 g/mol. The molecular formula is C10H17N5O3S. The van der Waals surface area contributed by atoms with E-state index < -0.39 is 10.0 Å². The summed E-state index contributed by atoms with van der Waals surface area (Å²) >= 11 is 0. The molecule has 0 unspecified atom stereocenters. The first-order valence-corrected chi connectivity index (χ1v) is 7.52. The molecule has 1 fully saturated rings. The molecule has 0 aromatic carbocycles. The summed E-state index contributed by atoms with van der Waals surface area (Å²) in [6.45, 7) is 2.04. The van der Waals surface area contributed by atoms with Gasteiger partial charge in [-0.1, -0.05) is 0 Å². The summed E-state index contributed by atoms with van der Waals surface area (Å²) in [7, 11) is -3.81. The summed E-state index contributed by atoms with van der Waals surface area (Å²) in [6, 6.07) is 0.199. The van der Waals surface area contributed by atoms with Crippen molar-refractivity contribution in [1.82, 2.24) is 19.8 Å². The Kier molecular flexibility index (Phi) is 3.76. The van der Waals surface area contributed by atoms with Gasteiger partial charge in [-0.05, 0) is 19.8 Å². The van der Waals surface area contributed by atoms with Crippen molar-refractivity contribution < 1.29 is 13.2 Å². The van der Waals surface area contributed by atoms with E-state index in [2.05, 4.69) is 15.1 Å². The maximum atomic E-state index is 12.0. The predicted octanol–water partition coefficient (Wildman–Crippen LogP) is -0.958. The van der Waals surface area contributed by atoms with Gasteiger partial charge in [0.05, 0.1) is 6.54 Å². The molecule has 0 radical (unpaired) electrons. The van der Waals surface area contributed by atoms with Gasteiger partial charge in [-0.2, -0.15) is 5.10 Å². The number of carbonyl (C=O) groups is 1. The third-order valence-electron chi connectivity index (χ3n) is 2.73. The molecule has 19 heavy (non-hydrogen) atoms. The van der Waals surface area contributed by atoms with E-state index in [0.29, 0.717) is 6.54 Å². The Balaban J connectivity index is 2.00. The lowest BCUT2D eigenvalue weighted by Gasteiger charge is -2.05. The second-order valence-electron chi connectivity index (χ2n) is 4.40. The van der Waals surface area contributed by atoms with Crippen LogP contribution in [0.3, 0.4) is 0 Å². The first-order valence-electron chi connectivity index (χ1n) is 6.04. The van der Waals surface area contributed by atoms with Crippen LogP contribution in [-0.2, 0) is 21.4 Å². The van der Waals surface area contributed by atoms with E-state index in [-0.39, 0.29) is 29.2 Å². The van der Waals surface area contributed by atoms with Gasteiger partial charge in [-0.15, -0.1) is 0 Å². The van der Waals surface area contributed by atoms with Gasteiger partial charge in [0, 0.05) is 18.8 Å². The third-order valence-corrected chi connectivity index (χ3v) is 4.15. The number of sulfonamides is 1. The Labute approximate surface area is 111 Å². The van der Waals surface area contributed by atoms with Crippen LogP contribution >= 0.6 is 0 Å². The molecule has 1 heterocycles. The largest absolute Gasteiger partial charge is 0.381 e. The molecule has 4 N–H and O–H groups in total. The predicted molar refractivity (Wildman–Crippen MR) is 68.7 cm³/mol. The highest BCUT2D eigenvalue weighted by atomic mass is 32.2. The van der Waals surface area contributed by atoms with Crippen LogP contribution in [0.15, 0.2) is 11.1 Å². The average Bonchev–Trinajstić information content (AvgIpc) is 3.07. The number of aryl methyl sites for hydroxylation is 1. The van der Waals surface area contributed by atoms with Crippen LogP contribution in [0, 0.1) is 0 Å². The zero-order valence-corrected chi connectivity index (χ0v) is 11.4. The van der Waals surface area contributed by atoms with Gasteiger partial charge >= 0.3 is 0 Å². The minimum Gasteiger partial charge on any atom is -0.381 e. The second-order valence-corrected chi connectivity index (χ2v) is 6.14. The van der Waals surface area contributed by atoms with Crippen molar-refractivity contribution in [2.45, 2.75) is 37.2 Å². The summed E-state index contributed by atoms with van der Waals surface area (Å²) in [5, 5.41) is 6.55. The Morgan fingerprint density at radius 1 is 1.58 bits per heavy atom. The normalized spacial score (nSPS) is 15.4. The minimum atomic E-state index is -3.81. The number of hydrogen-bond acceptors (Lipinski definition) is 5. The number of aromatic nitrogens is 2. The summed E-state index contributed by atoms with van der Waals surface area (Å²) in [5.74, 6) is -0.413. The summed E-state index contributed by atoms with van der Waals surface area (Å²) in [5.41, 5.74) is 5.55. The van der Waals surface area contributed by atoms with Crippen LogP contribution in [0.5, 0.6) is 0 Å². The van der Waals surface area contributed by atoms with Gasteiger partial charge < -0.3 is 11.1 Å². The van der Waals surface area contributed by atoms with E-state index in [4.69, 9.17) is 5.73 Å². The number of rotatable bonds is 6. The topological polar surface area (TPSA) is 119 Å². The molecule has 1 aliphatic carbocycles. The van der Waals surface area contributed by atoms with Crippen molar-refractivity contribution in [3.8, 4) is 0 Å². The maximum absolute atomic E-state index is 12.0. The molecule has 0 saturated heterocycles. The lowest BCUT2D eigenvalue weighted by molar-refractivity contribution is -0.120. The lowest BCUT2D eigenvalue weighted by atomic mass is 10.5. The van der Waals surface area contributed by atoms with E-state index >= 15 is 0 Å². The molecule has 8 nitrogen and oxygen atoms in total. The first-order chi connectivity index (χ1) is 8.92. The van der Waals surface area contributed by atoms with Crippen LogP contribution in [0.4, 0.5) is 5.82 Å². The third kappa shape index (κ3) is 3.44.